The molecule has 1 aliphatic heterocycles. The third kappa shape index (κ3) is 2.87. The smallest absolute Gasteiger partial charge is 0.134 e. The molecule has 1 fully saturated rings. The van der Waals surface area contributed by atoms with E-state index in [0.717, 1.165) is 36.0 Å². The van der Waals surface area contributed by atoms with E-state index < -0.39 is 0 Å². The predicted octanol–water partition coefficient (Wildman–Crippen LogP) is 3.52. The van der Waals surface area contributed by atoms with Gasteiger partial charge in [-0.05, 0) is 31.7 Å². The molecule has 3 rings (SSSR count). The summed E-state index contributed by atoms with van der Waals surface area (Å²) in [6.45, 7) is 5.96. The Morgan fingerprint density at radius 2 is 2.30 bits per heavy atom. The second kappa shape index (κ2) is 6.20. The van der Waals surface area contributed by atoms with Crippen LogP contribution in [-0.4, -0.2) is 30.8 Å². The number of likely N-dealkylation sites (N-methyl/N-ethyl adjacent to an activating group) is 1. The van der Waals surface area contributed by atoms with E-state index in [1.165, 1.54) is 10.9 Å². The van der Waals surface area contributed by atoms with Crippen LogP contribution in [0, 0.1) is 6.92 Å². The maximum atomic E-state index is 6.04. The van der Waals surface area contributed by atoms with Crippen LogP contribution in [0.1, 0.15) is 24.3 Å². The van der Waals surface area contributed by atoms with Gasteiger partial charge in [0.25, 0.3) is 0 Å². The Kier molecular flexibility index (Phi) is 4.34. The van der Waals surface area contributed by atoms with Crippen molar-refractivity contribution in [3.05, 3.63) is 35.6 Å². The van der Waals surface area contributed by atoms with Crippen molar-refractivity contribution in [3.63, 3.8) is 0 Å². The van der Waals surface area contributed by atoms with Gasteiger partial charge < -0.3 is 14.5 Å². The fourth-order valence-electron chi connectivity index (χ4n) is 2.67. The molecule has 1 aromatic heterocycles. The van der Waals surface area contributed by atoms with Crippen molar-refractivity contribution in [1.29, 1.82) is 0 Å². The van der Waals surface area contributed by atoms with Gasteiger partial charge in [-0.15, -0.1) is 0 Å². The monoisotopic (exact) mass is 291 g/mol. The van der Waals surface area contributed by atoms with Crippen LogP contribution in [-0.2, 0) is 4.74 Å². The molecule has 0 radical (unpaired) electrons. The van der Waals surface area contributed by atoms with Crippen molar-refractivity contribution in [2.24, 2.45) is 0 Å². The second-order valence-electron chi connectivity index (χ2n) is 5.21. The number of hydrogen-bond acceptors (Lipinski definition) is 4. The molecular formula is C16H21NO2S. The zero-order chi connectivity index (χ0) is 13.9. The van der Waals surface area contributed by atoms with Gasteiger partial charge in [-0.25, -0.2) is 0 Å². The normalized spacial score (nSPS) is 21.2. The Morgan fingerprint density at radius 3 is 3.05 bits per heavy atom. The number of aryl methyl sites for hydroxylation is 1. The zero-order valence-corrected chi connectivity index (χ0v) is 12.8. The van der Waals surface area contributed by atoms with E-state index in [2.05, 4.69) is 37.4 Å². The van der Waals surface area contributed by atoms with Gasteiger partial charge in [-0.1, -0.05) is 18.6 Å². The lowest BCUT2D eigenvalue weighted by Crippen LogP contribution is -2.37. The number of furan rings is 1. The van der Waals surface area contributed by atoms with E-state index in [4.69, 9.17) is 9.15 Å². The summed E-state index contributed by atoms with van der Waals surface area (Å²) in [6.07, 6.45) is 0.190. The van der Waals surface area contributed by atoms with Crippen molar-refractivity contribution in [3.8, 4) is 0 Å². The maximum Gasteiger partial charge on any atom is 0.134 e. The van der Waals surface area contributed by atoms with Crippen LogP contribution < -0.4 is 5.32 Å². The number of hydrogen-bond donors (Lipinski definition) is 1. The molecule has 0 aliphatic carbocycles. The number of ether oxygens (including phenoxy) is 1. The number of nitrogens with one attached hydrogen (secondary N) is 1. The third-order valence-corrected chi connectivity index (χ3v) is 4.65. The standard InChI is InChI=1S/C16H21NO2S/c1-3-17-16(15-10-20-7-6-18-15)14-9-12-8-11(2)4-5-13(12)19-14/h4-5,8-9,15-17H,3,6-7,10H2,1-2H3. The Hall–Kier alpha value is -0.970. The lowest BCUT2D eigenvalue weighted by molar-refractivity contribution is 0.0418. The summed E-state index contributed by atoms with van der Waals surface area (Å²) in [4.78, 5) is 0. The third-order valence-electron chi connectivity index (χ3n) is 3.63. The SMILES string of the molecule is CCNC(c1cc2cc(C)ccc2o1)C1CSCCO1. The Labute approximate surface area is 124 Å². The van der Waals surface area contributed by atoms with Crippen molar-refractivity contribution in [2.45, 2.75) is 26.0 Å². The molecule has 1 aliphatic rings. The average Bonchev–Trinajstić information content (AvgIpc) is 2.88. The summed E-state index contributed by atoms with van der Waals surface area (Å²) >= 11 is 1.95. The van der Waals surface area contributed by atoms with Crippen LogP contribution in [0.25, 0.3) is 11.0 Å². The van der Waals surface area contributed by atoms with E-state index in [1.54, 1.807) is 0 Å². The van der Waals surface area contributed by atoms with Gasteiger partial charge >= 0.3 is 0 Å². The number of thioether (sulfide) groups is 1. The van der Waals surface area contributed by atoms with Crippen molar-refractivity contribution >= 4 is 22.7 Å². The molecule has 0 bridgehead atoms. The molecule has 20 heavy (non-hydrogen) atoms. The molecule has 2 unspecified atom stereocenters. The predicted molar refractivity (Wildman–Crippen MR) is 84.4 cm³/mol. The Morgan fingerprint density at radius 1 is 1.40 bits per heavy atom. The van der Waals surface area contributed by atoms with Crippen LogP contribution >= 0.6 is 11.8 Å². The van der Waals surface area contributed by atoms with E-state index in [1.807, 2.05) is 17.8 Å². The first-order chi connectivity index (χ1) is 9.78. The van der Waals surface area contributed by atoms with Crippen LogP contribution in [0.4, 0.5) is 0 Å². The number of fused-ring (bicyclic) bond motifs is 1. The van der Waals surface area contributed by atoms with E-state index in [-0.39, 0.29) is 12.1 Å². The molecule has 108 valence electrons. The first-order valence-corrected chi connectivity index (χ1v) is 8.36. The lowest BCUT2D eigenvalue weighted by Gasteiger charge is -2.29. The van der Waals surface area contributed by atoms with E-state index in [9.17, 15) is 0 Å². The van der Waals surface area contributed by atoms with Crippen LogP contribution in [0.15, 0.2) is 28.7 Å². The molecule has 2 heterocycles. The molecule has 0 amide bonds. The summed E-state index contributed by atoms with van der Waals surface area (Å²) in [5.41, 5.74) is 2.21. The fourth-order valence-corrected chi connectivity index (χ4v) is 3.57. The van der Waals surface area contributed by atoms with Gasteiger partial charge in [-0.2, -0.15) is 11.8 Å². The average molecular weight is 291 g/mol. The minimum Gasteiger partial charge on any atom is -0.459 e. The van der Waals surface area contributed by atoms with Gasteiger partial charge in [0.1, 0.15) is 11.3 Å². The highest BCUT2D eigenvalue weighted by Gasteiger charge is 2.28. The van der Waals surface area contributed by atoms with E-state index >= 15 is 0 Å². The van der Waals surface area contributed by atoms with E-state index in [0.29, 0.717) is 0 Å². The van der Waals surface area contributed by atoms with Crippen molar-refractivity contribution in [1.82, 2.24) is 5.32 Å². The zero-order valence-electron chi connectivity index (χ0n) is 12.0. The highest BCUT2D eigenvalue weighted by atomic mass is 32.2. The quantitative estimate of drug-likeness (QED) is 0.934. The van der Waals surface area contributed by atoms with Gasteiger partial charge in [-0.3, -0.25) is 0 Å². The minimum absolute atomic E-state index is 0.139. The molecule has 3 nitrogen and oxygen atoms in total. The first-order valence-electron chi connectivity index (χ1n) is 7.20. The van der Waals surface area contributed by atoms with Crippen LogP contribution in [0.5, 0.6) is 0 Å². The van der Waals surface area contributed by atoms with Gasteiger partial charge in [0.15, 0.2) is 0 Å². The Balaban J connectivity index is 1.91. The molecule has 1 saturated heterocycles. The van der Waals surface area contributed by atoms with Crippen molar-refractivity contribution in [2.75, 3.05) is 24.7 Å². The minimum atomic E-state index is 0.139. The molecular weight excluding hydrogens is 270 g/mol. The molecule has 2 atom stereocenters. The summed E-state index contributed by atoms with van der Waals surface area (Å²) in [5.74, 6) is 3.10. The Bertz CT molecular complexity index is 575. The number of rotatable bonds is 4. The maximum absolute atomic E-state index is 6.04. The highest BCUT2D eigenvalue weighted by molar-refractivity contribution is 7.99. The highest BCUT2D eigenvalue weighted by Crippen LogP contribution is 2.30. The molecule has 1 N–H and O–H groups in total. The lowest BCUT2D eigenvalue weighted by atomic mass is 10.1. The summed E-state index contributed by atoms with van der Waals surface area (Å²) in [5, 5.41) is 4.68. The van der Waals surface area contributed by atoms with Gasteiger partial charge in [0.05, 0.1) is 18.8 Å². The van der Waals surface area contributed by atoms with Crippen LogP contribution in [0.3, 0.4) is 0 Å². The van der Waals surface area contributed by atoms with Crippen LogP contribution in [0.2, 0.25) is 0 Å². The molecule has 0 spiro atoms. The summed E-state index contributed by atoms with van der Waals surface area (Å²) < 4.78 is 12.0. The molecule has 2 aromatic rings. The summed E-state index contributed by atoms with van der Waals surface area (Å²) in [7, 11) is 0. The summed E-state index contributed by atoms with van der Waals surface area (Å²) in [6, 6.07) is 8.60. The van der Waals surface area contributed by atoms with Gasteiger partial charge in [0.2, 0.25) is 0 Å². The topological polar surface area (TPSA) is 34.4 Å². The largest absolute Gasteiger partial charge is 0.459 e. The fraction of sp³-hybridized carbons (Fsp3) is 0.500. The molecule has 1 aromatic carbocycles. The van der Waals surface area contributed by atoms with Crippen molar-refractivity contribution < 1.29 is 9.15 Å². The number of benzene rings is 1. The van der Waals surface area contributed by atoms with Gasteiger partial charge in [0, 0.05) is 16.9 Å². The first kappa shape index (κ1) is 14.0. The molecule has 4 heteroatoms. The molecule has 0 saturated carbocycles. The second-order valence-corrected chi connectivity index (χ2v) is 6.36.